The summed E-state index contributed by atoms with van der Waals surface area (Å²) in [4.78, 5) is 51.4. The Labute approximate surface area is 289 Å². The van der Waals surface area contributed by atoms with E-state index in [1.165, 1.54) is 47.2 Å². The van der Waals surface area contributed by atoms with Crippen molar-refractivity contribution in [3.63, 3.8) is 0 Å². The van der Waals surface area contributed by atoms with Crippen LogP contribution < -0.4 is 10.6 Å². The normalized spacial score (nSPS) is 15.0. The Morgan fingerprint density at radius 1 is 0.980 bits per heavy atom. The van der Waals surface area contributed by atoms with Crippen LogP contribution in [0.3, 0.4) is 0 Å². The Morgan fingerprint density at radius 3 is 1.98 bits per heavy atom. The Kier molecular flexibility index (Phi) is 18.6. The zero-order chi connectivity index (χ0) is 37.1. The number of para-hydroxylation sites is 1. The van der Waals surface area contributed by atoms with E-state index in [0.717, 1.165) is 23.3 Å². The summed E-state index contributed by atoms with van der Waals surface area (Å²) in [5, 5.41) is 14.9. The van der Waals surface area contributed by atoms with Gasteiger partial charge in [0, 0.05) is 37.8 Å². The van der Waals surface area contributed by atoms with Gasteiger partial charge in [0.2, 0.25) is 11.8 Å². The minimum absolute atomic E-state index is 0.156. The number of carbonyl (C=O) groups is 4. The van der Waals surface area contributed by atoms with Gasteiger partial charge < -0.3 is 25.2 Å². The molecule has 1 fully saturated rings. The molecule has 1 heterocycles. The number of likely N-dealkylation sites (N-methyl/N-ethyl adjacent to an activating group) is 1. The number of likely N-dealkylation sites (tertiary alicyclic amines) is 1. The highest BCUT2D eigenvalue weighted by Crippen LogP contribution is 2.22. The van der Waals surface area contributed by atoms with Crippen LogP contribution in [0.15, 0.2) is 72.8 Å². The van der Waals surface area contributed by atoms with Gasteiger partial charge in [-0.15, -0.1) is 0 Å². The fourth-order valence-electron chi connectivity index (χ4n) is 4.72. The molecular weight excluding hydrogens is 628 g/mol. The quantitative estimate of drug-likeness (QED) is 0.270. The summed E-state index contributed by atoms with van der Waals surface area (Å²) < 4.78 is 22.6. The van der Waals surface area contributed by atoms with Crippen LogP contribution in [-0.2, 0) is 14.4 Å². The van der Waals surface area contributed by atoms with Crippen LogP contribution in [0.25, 0.3) is 11.1 Å². The second-order valence-corrected chi connectivity index (χ2v) is 12.1. The summed E-state index contributed by atoms with van der Waals surface area (Å²) in [6.45, 7) is 9.99. The molecule has 49 heavy (non-hydrogen) atoms. The third-order valence-corrected chi connectivity index (χ3v) is 7.20. The molecule has 0 bridgehead atoms. The van der Waals surface area contributed by atoms with E-state index >= 15 is 0 Å². The SMILES string of the molecule is CC(C)C.CC(NC(=O)c1ccc(-c2ccc(F)cc2)cc1)C(=O)N(C)CC(=O)N1CC(C=O)CC1C#N.CF.CNc1ccccc1C. The van der Waals surface area contributed by atoms with Gasteiger partial charge >= 0.3 is 0 Å². The molecule has 9 nitrogen and oxygen atoms in total. The lowest BCUT2D eigenvalue weighted by Crippen LogP contribution is -2.49. The number of carbonyl (C=O) groups excluding carboxylic acids is 4. The maximum absolute atomic E-state index is 13.1. The van der Waals surface area contributed by atoms with Crippen molar-refractivity contribution in [1.29, 1.82) is 5.26 Å². The monoisotopic (exact) mass is 677 g/mol. The molecule has 1 saturated heterocycles. The van der Waals surface area contributed by atoms with Gasteiger partial charge in [-0.3, -0.25) is 18.8 Å². The largest absolute Gasteiger partial charge is 0.388 e. The molecule has 1 aliphatic heterocycles. The predicted molar refractivity (Wildman–Crippen MR) is 190 cm³/mol. The van der Waals surface area contributed by atoms with E-state index in [9.17, 15) is 33.2 Å². The van der Waals surface area contributed by atoms with Gasteiger partial charge in [-0.2, -0.15) is 5.26 Å². The second kappa shape index (κ2) is 21.7. The molecule has 3 aromatic carbocycles. The van der Waals surface area contributed by atoms with Gasteiger partial charge in [-0.1, -0.05) is 63.2 Å². The fourth-order valence-corrected chi connectivity index (χ4v) is 4.72. The molecule has 264 valence electrons. The van der Waals surface area contributed by atoms with Gasteiger partial charge in [0.05, 0.1) is 19.8 Å². The molecule has 3 amide bonds. The summed E-state index contributed by atoms with van der Waals surface area (Å²) >= 11 is 0. The number of benzene rings is 3. The Hall–Kier alpha value is -5.11. The first-order valence-electron chi connectivity index (χ1n) is 16.0. The van der Waals surface area contributed by atoms with Gasteiger partial charge in [0.25, 0.3) is 5.91 Å². The van der Waals surface area contributed by atoms with Gasteiger partial charge in [0.15, 0.2) is 0 Å². The third kappa shape index (κ3) is 13.9. The summed E-state index contributed by atoms with van der Waals surface area (Å²) in [5.41, 5.74) is 4.46. The molecule has 3 atom stereocenters. The average molecular weight is 678 g/mol. The molecule has 0 radical (unpaired) electrons. The van der Waals surface area contributed by atoms with Gasteiger partial charge in [0.1, 0.15) is 24.2 Å². The number of alkyl halides is 1. The number of nitrogens with one attached hydrogen (secondary N) is 2. The number of hydrogen-bond donors (Lipinski definition) is 2. The maximum atomic E-state index is 13.1. The first-order chi connectivity index (χ1) is 23.3. The van der Waals surface area contributed by atoms with Gasteiger partial charge in [-0.05, 0) is 73.2 Å². The lowest BCUT2D eigenvalue weighted by molar-refractivity contribution is -0.140. The molecule has 0 saturated carbocycles. The van der Waals surface area contributed by atoms with Crippen molar-refractivity contribution in [2.75, 3.05) is 39.7 Å². The Bertz CT molecular complexity index is 1520. The number of amides is 3. The smallest absolute Gasteiger partial charge is 0.251 e. The van der Waals surface area contributed by atoms with E-state index in [-0.39, 0.29) is 31.2 Å². The van der Waals surface area contributed by atoms with E-state index < -0.39 is 29.8 Å². The number of nitriles is 1. The van der Waals surface area contributed by atoms with E-state index in [1.54, 1.807) is 36.4 Å². The van der Waals surface area contributed by atoms with Crippen LogP contribution in [0, 0.1) is 35.9 Å². The highest BCUT2D eigenvalue weighted by atomic mass is 19.1. The van der Waals surface area contributed by atoms with Gasteiger partial charge in [-0.25, -0.2) is 4.39 Å². The van der Waals surface area contributed by atoms with Crippen LogP contribution in [-0.4, -0.2) is 80.3 Å². The number of rotatable bonds is 8. The Morgan fingerprint density at radius 2 is 1.51 bits per heavy atom. The number of hydrogen-bond acceptors (Lipinski definition) is 6. The predicted octanol–water partition coefficient (Wildman–Crippen LogP) is 6.29. The summed E-state index contributed by atoms with van der Waals surface area (Å²) in [6.07, 6.45) is 1.02. The van der Waals surface area contributed by atoms with Crippen molar-refractivity contribution in [2.24, 2.45) is 11.8 Å². The Balaban J connectivity index is 0.000000665. The molecule has 4 rings (SSSR count). The van der Waals surface area contributed by atoms with Crippen molar-refractivity contribution >= 4 is 29.7 Å². The summed E-state index contributed by atoms with van der Waals surface area (Å²) in [7, 11) is 3.87. The molecule has 1 aliphatic rings. The van der Waals surface area contributed by atoms with Crippen molar-refractivity contribution < 1.29 is 28.0 Å². The number of nitrogens with zero attached hydrogens (tertiary/aromatic N) is 3. The van der Waals surface area contributed by atoms with Crippen LogP contribution in [0.4, 0.5) is 14.5 Å². The van der Waals surface area contributed by atoms with Crippen molar-refractivity contribution in [1.82, 2.24) is 15.1 Å². The molecule has 0 aliphatic carbocycles. The van der Waals surface area contributed by atoms with E-state index in [1.807, 2.05) is 25.2 Å². The average Bonchev–Trinajstić information content (AvgIpc) is 3.53. The molecule has 0 aromatic heterocycles. The van der Waals surface area contributed by atoms with Crippen LogP contribution >= 0.6 is 0 Å². The molecule has 0 spiro atoms. The zero-order valence-corrected chi connectivity index (χ0v) is 29.7. The van der Waals surface area contributed by atoms with Crippen molar-refractivity contribution in [3.05, 3.63) is 89.7 Å². The standard InChI is InChI=1S/C25H25FN4O4.C8H11N.C4H10.CH3F/c1-16(25(34)29(2)14-23(32)30-13-17(15-31)11-22(30)12-27)28-24(33)20-5-3-18(4-6-20)19-7-9-21(26)10-8-19;1-7-5-3-4-6-8(7)9-2;1-4(2)3;1-2/h3-10,15-17,22H,11,13-14H2,1-2H3,(H,28,33);3-6,9H,1-2H3;4H,1-3H3;1H3. The highest BCUT2D eigenvalue weighted by Gasteiger charge is 2.36. The molecule has 3 aromatic rings. The minimum atomic E-state index is -0.893. The third-order valence-electron chi connectivity index (χ3n) is 7.20. The lowest BCUT2D eigenvalue weighted by atomic mass is 10.0. The molecular formula is C38H49F2N5O4. The minimum Gasteiger partial charge on any atom is -0.388 e. The molecule has 11 heteroatoms. The maximum Gasteiger partial charge on any atom is 0.251 e. The van der Waals surface area contributed by atoms with Crippen LogP contribution in [0.5, 0.6) is 0 Å². The highest BCUT2D eigenvalue weighted by molar-refractivity contribution is 5.98. The van der Waals surface area contributed by atoms with Crippen molar-refractivity contribution in [2.45, 2.75) is 53.1 Å². The first kappa shape index (κ1) is 41.9. The molecule has 2 N–H and O–H groups in total. The number of halogens is 2. The zero-order valence-electron chi connectivity index (χ0n) is 29.7. The fraction of sp³-hybridized carbons (Fsp3) is 0.395. The summed E-state index contributed by atoms with van der Waals surface area (Å²) in [5.74, 6) is -1.24. The number of aldehydes is 1. The topological polar surface area (TPSA) is 123 Å². The number of aryl methyl sites for hydroxylation is 1. The second-order valence-electron chi connectivity index (χ2n) is 12.1. The van der Waals surface area contributed by atoms with E-state index in [0.29, 0.717) is 12.7 Å². The first-order valence-corrected chi connectivity index (χ1v) is 16.0. The van der Waals surface area contributed by atoms with Crippen molar-refractivity contribution in [3.8, 4) is 17.2 Å². The van der Waals surface area contributed by atoms with Crippen LogP contribution in [0.1, 0.15) is 50.0 Å². The molecule has 3 unspecified atom stereocenters. The van der Waals surface area contributed by atoms with E-state index in [4.69, 9.17) is 0 Å². The van der Waals surface area contributed by atoms with Crippen LogP contribution in [0.2, 0.25) is 0 Å². The lowest BCUT2D eigenvalue weighted by Gasteiger charge is -2.25. The van der Waals surface area contributed by atoms with E-state index in [2.05, 4.69) is 50.5 Å². The number of anilines is 1. The summed E-state index contributed by atoms with van der Waals surface area (Å²) in [6, 6.07) is 21.3.